The predicted molar refractivity (Wildman–Crippen MR) is 74.6 cm³/mol. The summed E-state index contributed by atoms with van der Waals surface area (Å²) in [5.74, 6) is 0.0220. The van der Waals surface area contributed by atoms with Crippen LogP contribution in [0.4, 0.5) is 4.39 Å². The Labute approximate surface area is 114 Å². The Hall–Kier alpha value is -1.13. The first-order chi connectivity index (χ1) is 9.16. The van der Waals surface area contributed by atoms with Crippen molar-refractivity contribution < 1.29 is 9.50 Å². The van der Waals surface area contributed by atoms with Crippen LogP contribution < -0.4 is 5.32 Å². The number of hydrogen-bond donors (Lipinski definition) is 2. The van der Waals surface area contributed by atoms with Crippen LogP contribution in [0.25, 0.3) is 0 Å². The van der Waals surface area contributed by atoms with E-state index in [0.29, 0.717) is 12.1 Å². The summed E-state index contributed by atoms with van der Waals surface area (Å²) >= 11 is 0. The Morgan fingerprint density at radius 2 is 2.11 bits per heavy atom. The van der Waals surface area contributed by atoms with E-state index in [1.54, 1.807) is 12.1 Å². The lowest BCUT2D eigenvalue weighted by Gasteiger charge is -2.28. The van der Waals surface area contributed by atoms with Crippen LogP contribution in [0.3, 0.4) is 0 Å². The van der Waals surface area contributed by atoms with Gasteiger partial charge in [-0.25, -0.2) is 4.39 Å². The van der Waals surface area contributed by atoms with Gasteiger partial charge in [0.15, 0.2) is 11.6 Å². The highest BCUT2D eigenvalue weighted by molar-refractivity contribution is 5.33. The van der Waals surface area contributed by atoms with Crippen molar-refractivity contribution in [3.05, 3.63) is 29.6 Å². The SMILES string of the molecule is CN1CCC(CCNCc2cccc(F)c2O)CC1. The van der Waals surface area contributed by atoms with Crippen molar-refractivity contribution in [2.75, 3.05) is 26.7 Å². The lowest BCUT2D eigenvalue weighted by molar-refractivity contribution is 0.211. The molecule has 0 atom stereocenters. The number of piperidine rings is 1. The van der Waals surface area contributed by atoms with Crippen molar-refractivity contribution in [2.24, 2.45) is 5.92 Å². The molecule has 0 saturated carbocycles. The van der Waals surface area contributed by atoms with Gasteiger partial charge in [-0.2, -0.15) is 0 Å². The number of nitrogens with zero attached hydrogens (tertiary/aromatic N) is 1. The van der Waals surface area contributed by atoms with E-state index in [-0.39, 0.29) is 5.75 Å². The number of rotatable bonds is 5. The summed E-state index contributed by atoms with van der Waals surface area (Å²) in [5, 5.41) is 12.8. The number of aromatic hydroxyl groups is 1. The molecule has 1 aromatic rings. The molecule has 0 unspecified atom stereocenters. The van der Waals surface area contributed by atoms with Crippen LogP contribution in [0.15, 0.2) is 18.2 Å². The highest BCUT2D eigenvalue weighted by atomic mass is 19.1. The van der Waals surface area contributed by atoms with E-state index in [2.05, 4.69) is 17.3 Å². The van der Waals surface area contributed by atoms with Gasteiger partial charge < -0.3 is 15.3 Å². The van der Waals surface area contributed by atoms with Gasteiger partial charge >= 0.3 is 0 Å². The fraction of sp³-hybridized carbons (Fsp3) is 0.600. The number of hydrogen-bond acceptors (Lipinski definition) is 3. The second-order valence-electron chi connectivity index (χ2n) is 5.46. The zero-order valence-corrected chi connectivity index (χ0v) is 11.5. The zero-order chi connectivity index (χ0) is 13.7. The second kappa shape index (κ2) is 6.87. The molecule has 1 fully saturated rings. The number of phenols is 1. The van der Waals surface area contributed by atoms with E-state index >= 15 is 0 Å². The van der Waals surface area contributed by atoms with Crippen molar-refractivity contribution in [2.45, 2.75) is 25.8 Å². The summed E-state index contributed by atoms with van der Waals surface area (Å²) in [6.07, 6.45) is 3.69. The molecule has 1 aromatic carbocycles. The Bertz CT molecular complexity index is 403. The lowest BCUT2D eigenvalue weighted by atomic mass is 9.94. The number of nitrogens with one attached hydrogen (secondary N) is 1. The third kappa shape index (κ3) is 4.18. The van der Waals surface area contributed by atoms with Crippen molar-refractivity contribution >= 4 is 0 Å². The van der Waals surface area contributed by atoms with Crippen molar-refractivity contribution in [3.8, 4) is 5.75 Å². The van der Waals surface area contributed by atoms with E-state index in [1.807, 2.05) is 0 Å². The molecule has 2 rings (SSSR count). The van der Waals surface area contributed by atoms with Gasteiger partial charge in [-0.1, -0.05) is 12.1 Å². The van der Waals surface area contributed by atoms with E-state index < -0.39 is 5.82 Å². The van der Waals surface area contributed by atoms with Crippen LogP contribution in [0.2, 0.25) is 0 Å². The average Bonchev–Trinajstić information content (AvgIpc) is 2.41. The molecule has 0 aromatic heterocycles. The van der Waals surface area contributed by atoms with Crippen molar-refractivity contribution in [1.29, 1.82) is 0 Å². The molecule has 2 N–H and O–H groups in total. The first-order valence-electron chi connectivity index (χ1n) is 7.02. The topological polar surface area (TPSA) is 35.5 Å². The predicted octanol–water partition coefficient (Wildman–Crippen LogP) is 2.35. The normalized spacial score (nSPS) is 17.8. The number of benzene rings is 1. The minimum absolute atomic E-state index is 0.228. The monoisotopic (exact) mass is 266 g/mol. The third-order valence-electron chi connectivity index (χ3n) is 3.95. The standard InChI is InChI=1S/C15H23FN2O/c1-18-9-6-12(7-10-18)5-8-17-11-13-3-2-4-14(16)15(13)19/h2-4,12,17,19H,5-11H2,1H3. The number of halogens is 1. The minimum atomic E-state index is -0.547. The van der Waals surface area contributed by atoms with Crippen LogP contribution >= 0.6 is 0 Å². The molecule has 3 nitrogen and oxygen atoms in total. The lowest BCUT2D eigenvalue weighted by Crippen LogP contribution is -2.31. The molecule has 0 aliphatic carbocycles. The van der Waals surface area contributed by atoms with Gasteiger partial charge in [0.2, 0.25) is 0 Å². The first-order valence-corrected chi connectivity index (χ1v) is 7.02. The summed E-state index contributed by atoms with van der Waals surface area (Å²) in [6, 6.07) is 4.65. The Balaban J connectivity index is 1.68. The number of likely N-dealkylation sites (tertiary alicyclic amines) is 1. The summed E-state index contributed by atoms with van der Waals surface area (Å²) in [4.78, 5) is 2.37. The first kappa shape index (κ1) is 14.3. The molecule has 1 aliphatic rings. The van der Waals surface area contributed by atoms with E-state index in [0.717, 1.165) is 18.9 Å². The summed E-state index contributed by atoms with van der Waals surface area (Å²) < 4.78 is 13.1. The van der Waals surface area contributed by atoms with Crippen molar-refractivity contribution in [1.82, 2.24) is 10.2 Å². The molecule has 1 heterocycles. The Morgan fingerprint density at radius 1 is 1.37 bits per heavy atom. The third-order valence-corrected chi connectivity index (χ3v) is 3.95. The van der Waals surface area contributed by atoms with Gasteiger partial charge in [0, 0.05) is 12.1 Å². The minimum Gasteiger partial charge on any atom is -0.505 e. The smallest absolute Gasteiger partial charge is 0.165 e. The van der Waals surface area contributed by atoms with E-state index in [1.165, 1.54) is 32.0 Å². The van der Waals surface area contributed by atoms with Gasteiger partial charge in [-0.05, 0) is 57.9 Å². The maximum absolute atomic E-state index is 13.1. The molecular formula is C15H23FN2O. The molecule has 4 heteroatoms. The van der Waals surface area contributed by atoms with Gasteiger partial charge in [0.1, 0.15) is 0 Å². The van der Waals surface area contributed by atoms with Crippen molar-refractivity contribution in [3.63, 3.8) is 0 Å². The van der Waals surface area contributed by atoms with Gasteiger partial charge in [0.05, 0.1) is 0 Å². The number of phenolic OH excluding ortho intramolecular Hbond substituents is 1. The maximum atomic E-state index is 13.1. The molecule has 1 aliphatic heterocycles. The molecule has 0 bridgehead atoms. The Morgan fingerprint density at radius 3 is 2.84 bits per heavy atom. The number of para-hydroxylation sites is 1. The van der Waals surface area contributed by atoms with Gasteiger partial charge in [-0.15, -0.1) is 0 Å². The highest BCUT2D eigenvalue weighted by Gasteiger charge is 2.15. The molecule has 0 radical (unpaired) electrons. The molecule has 19 heavy (non-hydrogen) atoms. The van der Waals surface area contributed by atoms with Crippen LogP contribution in [-0.2, 0) is 6.54 Å². The van der Waals surface area contributed by atoms with Crippen LogP contribution in [0.5, 0.6) is 5.75 Å². The summed E-state index contributed by atoms with van der Waals surface area (Å²) in [6.45, 7) is 3.82. The van der Waals surface area contributed by atoms with Gasteiger partial charge in [-0.3, -0.25) is 0 Å². The molecule has 0 amide bonds. The summed E-state index contributed by atoms with van der Waals surface area (Å²) in [5.41, 5.74) is 0.628. The fourth-order valence-corrected chi connectivity index (χ4v) is 2.58. The van der Waals surface area contributed by atoms with E-state index in [9.17, 15) is 9.50 Å². The largest absolute Gasteiger partial charge is 0.505 e. The van der Waals surface area contributed by atoms with Crippen LogP contribution in [-0.4, -0.2) is 36.7 Å². The average molecular weight is 266 g/mol. The summed E-state index contributed by atoms with van der Waals surface area (Å²) in [7, 11) is 2.17. The second-order valence-corrected chi connectivity index (χ2v) is 5.46. The molecular weight excluding hydrogens is 243 g/mol. The maximum Gasteiger partial charge on any atom is 0.165 e. The van der Waals surface area contributed by atoms with E-state index in [4.69, 9.17) is 0 Å². The zero-order valence-electron chi connectivity index (χ0n) is 11.5. The molecule has 0 spiro atoms. The fourth-order valence-electron chi connectivity index (χ4n) is 2.58. The quantitative estimate of drug-likeness (QED) is 0.803. The van der Waals surface area contributed by atoms with Crippen LogP contribution in [0, 0.1) is 11.7 Å². The van der Waals surface area contributed by atoms with Crippen LogP contribution in [0.1, 0.15) is 24.8 Å². The Kier molecular flexibility index (Phi) is 5.16. The molecule has 1 saturated heterocycles. The molecule has 106 valence electrons. The highest BCUT2D eigenvalue weighted by Crippen LogP contribution is 2.21. The van der Waals surface area contributed by atoms with Gasteiger partial charge in [0.25, 0.3) is 0 Å².